The van der Waals surface area contributed by atoms with Crippen molar-refractivity contribution in [1.29, 1.82) is 0 Å². The standard InChI is InChI=1S/C16H19F3N4O5S/c17-16(18,19)14(27)22-15-20-8-7-29-9(13(8)21-15)3-1-2-4-12(26)28-23-10(24)5-6-11(23)25/h8-9,13H,1-7H2,(H2,20,21,22,27)/t8?,9-,13?/m0/s1. The van der Waals surface area contributed by atoms with Crippen LogP contribution in [0.4, 0.5) is 13.2 Å². The van der Waals surface area contributed by atoms with Crippen LogP contribution in [0.2, 0.25) is 0 Å². The number of fused-ring (bicyclic) bond motifs is 1. The molecule has 2 N–H and O–H groups in total. The number of carbonyl (C=O) groups is 4. The molecule has 3 fully saturated rings. The summed E-state index contributed by atoms with van der Waals surface area (Å²) >= 11 is 1.65. The Bertz CT molecular complexity index is 729. The molecule has 0 aromatic heterocycles. The number of hydrogen-bond acceptors (Lipinski definition) is 6. The summed E-state index contributed by atoms with van der Waals surface area (Å²) < 4.78 is 37.0. The minimum atomic E-state index is -5.01. The number of hydroxylamine groups is 2. The second kappa shape index (κ2) is 8.59. The van der Waals surface area contributed by atoms with Gasteiger partial charge < -0.3 is 15.5 Å². The van der Waals surface area contributed by atoms with E-state index in [1.54, 1.807) is 11.8 Å². The number of aliphatic imine (C=N–C) groups is 1. The normalized spacial score (nSPS) is 27.8. The molecule has 3 heterocycles. The Labute approximate surface area is 167 Å². The number of thioether (sulfide) groups is 1. The van der Waals surface area contributed by atoms with Crippen molar-refractivity contribution in [1.82, 2.24) is 15.7 Å². The van der Waals surface area contributed by atoms with Gasteiger partial charge in [-0.1, -0.05) is 6.42 Å². The lowest BCUT2D eigenvalue weighted by atomic mass is 10.0. The summed E-state index contributed by atoms with van der Waals surface area (Å²) in [5.41, 5.74) is 0. The lowest BCUT2D eigenvalue weighted by Gasteiger charge is -2.17. The van der Waals surface area contributed by atoms with Crippen molar-refractivity contribution < 1.29 is 37.2 Å². The van der Waals surface area contributed by atoms with Crippen LogP contribution < -0.4 is 10.6 Å². The number of amides is 3. The highest BCUT2D eigenvalue weighted by atomic mass is 32.2. The molecule has 0 radical (unpaired) electrons. The van der Waals surface area contributed by atoms with Gasteiger partial charge in [-0.05, 0) is 12.8 Å². The molecule has 0 aromatic rings. The molecule has 0 spiro atoms. The lowest BCUT2D eigenvalue weighted by Crippen LogP contribution is -2.37. The molecule has 0 aromatic carbocycles. The first kappa shape index (κ1) is 21.4. The quantitative estimate of drug-likeness (QED) is 0.460. The zero-order valence-electron chi connectivity index (χ0n) is 15.2. The van der Waals surface area contributed by atoms with Crippen LogP contribution >= 0.6 is 11.8 Å². The van der Waals surface area contributed by atoms with E-state index >= 15 is 0 Å². The zero-order valence-corrected chi connectivity index (χ0v) is 16.0. The Kier molecular flexibility index (Phi) is 6.34. The van der Waals surface area contributed by atoms with Crippen LogP contribution in [0, 0.1) is 0 Å². The monoisotopic (exact) mass is 436 g/mol. The van der Waals surface area contributed by atoms with Gasteiger partial charge in [-0.3, -0.25) is 14.4 Å². The summed E-state index contributed by atoms with van der Waals surface area (Å²) in [6.07, 6.45) is -3.08. The van der Waals surface area contributed by atoms with E-state index in [0.29, 0.717) is 30.1 Å². The molecule has 0 saturated carbocycles. The van der Waals surface area contributed by atoms with Crippen LogP contribution in [-0.2, 0) is 24.0 Å². The van der Waals surface area contributed by atoms with Gasteiger partial charge >= 0.3 is 18.1 Å². The van der Waals surface area contributed by atoms with Crippen molar-refractivity contribution in [2.75, 3.05) is 5.75 Å². The van der Waals surface area contributed by atoms with Crippen LogP contribution in [0.25, 0.3) is 0 Å². The number of nitrogens with one attached hydrogen (secondary N) is 2. The number of imide groups is 1. The number of nitrogens with zero attached hydrogens (tertiary/aromatic N) is 2. The fourth-order valence-corrected chi connectivity index (χ4v) is 4.85. The highest BCUT2D eigenvalue weighted by Crippen LogP contribution is 2.33. The fourth-order valence-electron chi connectivity index (χ4n) is 3.31. The second-order valence-corrected chi connectivity index (χ2v) is 8.12. The molecule has 3 aliphatic rings. The number of carbonyl (C=O) groups excluding carboxylic acids is 4. The van der Waals surface area contributed by atoms with Crippen LogP contribution in [-0.4, -0.2) is 64.0 Å². The average Bonchev–Trinajstić information content (AvgIpc) is 3.29. The molecular weight excluding hydrogens is 417 g/mol. The maximum Gasteiger partial charge on any atom is 0.473 e. The summed E-state index contributed by atoms with van der Waals surface area (Å²) in [5.74, 6) is -3.40. The van der Waals surface area contributed by atoms with Gasteiger partial charge in [0.2, 0.25) is 0 Å². The van der Waals surface area contributed by atoms with Gasteiger partial charge in [0, 0.05) is 30.3 Å². The van der Waals surface area contributed by atoms with E-state index in [9.17, 15) is 32.3 Å². The number of rotatable bonds is 6. The van der Waals surface area contributed by atoms with Gasteiger partial charge in [0.25, 0.3) is 11.8 Å². The average molecular weight is 436 g/mol. The molecule has 29 heavy (non-hydrogen) atoms. The molecule has 3 amide bonds. The Morgan fingerprint density at radius 3 is 2.52 bits per heavy atom. The number of guanidine groups is 1. The second-order valence-electron chi connectivity index (χ2n) is 6.85. The largest absolute Gasteiger partial charge is 0.473 e. The molecule has 160 valence electrons. The number of halogens is 3. The van der Waals surface area contributed by atoms with Gasteiger partial charge in [0.15, 0.2) is 5.96 Å². The molecule has 3 atom stereocenters. The lowest BCUT2D eigenvalue weighted by molar-refractivity contribution is -0.197. The SMILES string of the molecule is O=C(CCCC[C@@H]1SCC2N/C(=N/C(=O)C(F)(F)F)NC21)ON1C(=O)CCC1=O. The smallest absolute Gasteiger partial charge is 0.350 e. The van der Waals surface area contributed by atoms with Gasteiger partial charge in [-0.15, -0.1) is 5.06 Å². The van der Waals surface area contributed by atoms with Crippen LogP contribution in [0.1, 0.15) is 38.5 Å². The Morgan fingerprint density at radius 1 is 1.17 bits per heavy atom. The van der Waals surface area contributed by atoms with Crippen molar-refractivity contribution in [3.05, 3.63) is 0 Å². The van der Waals surface area contributed by atoms with Crippen LogP contribution in [0.3, 0.4) is 0 Å². The highest BCUT2D eigenvalue weighted by Gasteiger charge is 2.44. The Balaban J connectivity index is 1.39. The summed E-state index contributed by atoms with van der Waals surface area (Å²) in [6, 6.07) is -0.284. The number of hydrogen-bond donors (Lipinski definition) is 2. The topological polar surface area (TPSA) is 117 Å². The molecule has 0 bridgehead atoms. The van der Waals surface area contributed by atoms with E-state index in [0.717, 1.165) is 0 Å². The Morgan fingerprint density at radius 2 is 1.86 bits per heavy atom. The zero-order chi connectivity index (χ0) is 21.2. The minimum absolute atomic E-state index is 0.0362. The van der Waals surface area contributed by atoms with Crippen LogP contribution in [0.15, 0.2) is 4.99 Å². The Hall–Kier alpha value is -2.31. The summed E-state index contributed by atoms with van der Waals surface area (Å²) in [5, 5.41) is 6.23. The summed E-state index contributed by atoms with van der Waals surface area (Å²) in [4.78, 5) is 53.4. The van der Waals surface area contributed by atoms with Gasteiger partial charge in [-0.2, -0.15) is 29.9 Å². The van der Waals surface area contributed by atoms with E-state index < -0.39 is 29.9 Å². The predicted octanol–water partition coefficient (Wildman–Crippen LogP) is 0.644. The first-order valence-corrected chi connectivity index (χ1v) is 10.1. The molecule has 9 nitrogen and oxygen atoms in total. The van der Waals surface area contributed by atoms with Gasteiger partial charge in [0.05, 0.1) is 12.1 Å². The number of unbranched alkanes of at least 4 members (excludes halogenated alkanes) is 1. The number of alkyl halides is 3. The van der Waals surface area contributed by atoms with Crippen molar-refractivity contribution in [3.8, 4) is 0 Å². The predicted molar refractivity (Wildman–Crippen MR) is 94.2 cm³/mol. The van der Waals surface area contributed by atoms with Gasteiger partial charge in [0.1, 0.15) is 0 Å². The third kappa shape index (κ3) is 5.19. The highest BCUT2D eigenvalue weighted by molar-refractivity contribution is 8.00. The molecule has 0 aliphatic carbocycles. The van der Waals surface area contributed by atoms with Crippen molar-refractivity contribution in [2.45, 2.75) is 62.0 Å². The van der Waals surface area contributed by atoms with E-state index in [1.165, 1.54) is 0 Å². The first-order valence-electron chi connectivity index (χ1n) is 9.06. The maximum atomic E-state index is 12.3. The van der Waals surface area contributed by atoms with Crippen molar-refractivity contribution >= 4 is 41.4 Å². The molecule has 3 rings (SSSR count). The maximum absolute atomic E-state index is 12.3. The third-order valence-corrected chi connectivity index (χ3v) is 6.23. The third-order valence-electron chi connectivity index (χ3n) is 4.72. The molecule has 3 aliphatic heterocycles. The summed E-state index contributed by atoms with van der Waals surface area (Å²) in [7, 11) is 0. The van der Waals surface area contributed by atoms with E-state index in [2.05, 4.69) is 15.6 Å². The van der Waals surface area contributed by atoms with Crippen molar-refractivity contribution in [3.63, 3.8) is 0 Å². The molecule has 3 saturated heterocycles. The molecule has 13 heteroatoms. The van der Waals surface area contributed by atoms with Gasteiger partial charge in [-0.25, -0.2) is 4.79 Å². The van der Waals surface area contributed by atoms with Crippen LogP contribution in [0.5, 0.6) is 0 Å². The van der Waals surface area contributed by atoms with E-state index in [-0.39, 0.29) is 42.6 Å². The first-order chi connectivity index (χ1) is 13.6. The fraction of sp³-hybridized carbons (Fsp3) is 0.688. The van der Waals surface area contributed by atoms with E-state index in [4.69, 9.17) is 4.84 Å². The van der Waals surface area contributed by atoms with E-state index in [1.807, 2.05) is 0 Å². The van der Waals surface area contributed by atoms with Crippen molar-refractivity contribution in [2.24, 2.45) is 4.99 Å². The summed E-state index contributed by atoms with van der Waals surface area (Å²) in [6.45, 7) is 0. The molecular formula is C16H19F3N4O5S. The minimum Gasteiger partial charge on any atom is -0.350 e. The molecule has 2 unspecified atom stereocenters.